The lowest BCUT2D eigenvalue weighted by Crippen LogP contribution is -2.17. The molecule has 1 aromatic carbocycles. The van der Waals surface area contributed by atoms with Gasteiger partial charge in [-0.2, -0.15) is 5.10 Å². The summed E-state index contributed by atoms with van der Waals surface area (Å²) in [5.41, 5.74) is 9.56. The van der Waals surface area contributed by atoms with Crippen LogP contribution >= 0.6 is 0 Å². The molecule has 0 bridgehead atoms. The molecule has 2 rings (SSSR count). The van der Waals surface area contributed by atoms with E-state index in [4.69, 9.17) is 5.73 Å². The van der Waals surface area contributed by atoms with Crippen LogP contribution in [-0.4, -0.2) is 15.7 Å². The van der Waals surface area contributed by atoms with Crippen molar-refractivity contribution in [3.63, 3.8) is 0 Å². The number of nitrogens with zero attached hydrogens (tertiary/aromatic N) is 2. The van der Waals surface area contributed by atoms with Crippen LogP contribution in [0.15, 0.2) is 24.3 Å². The van der Waals surface area contributed by atoms with Crippen LogP contribution < -0.4 is 11.1 Å². The molecule has 0 radical (unpaired) electrons. The number of benzene rings is 1. The molecule has 0 atom stereocenters. The van der Waals surface area contributed by atoms with Crippen molar-refractivity contribution in [2.24, 2.45) is 7.05 Å². The van der Waals surface area contributed by atoms with Gasteiger partial charge >= 0.3 is 0 Å². The molecule has 1 aromatic heterocycles. The van der Waals surface area contributed by atoms with Crippen LogP contribution in [0.3, 0.4) is 0 Å². The largest absolute Gasteiger partial charge is 0.395 e. The molecule has 0 saturated carbocycles. The zero-order valence-corrected chi connectivity index (χ0v) is 13.0. The van der Waals surface area contributed by atoms with Gasteiger partial charge in [-0.25, -0.2) is 0 Å². The maximum atomic E-state index is 12.4. The first kappa shape index (κ1) is 15.1. The molecule has 0 spiro atoms. The third-order valence-electron chi connectivity index (χ3n) is 3.52. The standard InChI is InChI=1S/C16H22N4O/c1-5-13-14(17)15(20(4)19-13)16(21)18-12-8-6-7-11(9-12)10(2)3/h6-10H,5,17H2,1-4H3,(H,18,21). The van der Waals surface area contributed by atoms with E-state index in [9.17, 15) is 4.79 Å². The van der Waals surface area contributed by atoms with Crippen LogP contribution in [0.4, 0.5) is 11.4 Å². The van der Waals surface area contributed by atoms with Gasteiger partial charge in [0.15, 0.2) is 0 Å². The van der Waals surface area contributed by atoms with E-state index in [1.165, 1.54) is 10.2 Å². The van der Waals surface area contributed by atoms with Crippen LogP contribution in [0.1, 0.15) is 48.4 Å². The minimum Gasteiger partial charge on any atom is -0.395 e. The van der Waals surface area contributed by atoms with E-state index in [1.807, 2.05) is 31.2 Å². The molecule has 1 amide bonds. The zero-order chi connectivity index (χ0) is 15.6. The van der Waals surface area contributed by atoms with Crippen molar-refractivity contribution in [1.82, 2.24) is 9.78 Å². The highest BCUT2D eigenvalue weighted by Crippen LogP contribution is 2.21. The summed E-state index contributed by atoms with van der Waals surface area (Å²) in [6.45, 7) is 6.20. The molecule has 5 heteroatoms. The third kappa shape index (κ3) is 3.07. The Bertz CT molecular complexity index is 658. The summed E-state index contributed by atoms with van der Waals surface area (Å²) in [6.07, 6.45) is 0.704. The fraction of sp³-hybridized carbons (Fsp3) is 0.375. The minimum absolute atomic E-state index is 0.233. The first-order valence-electron chi connectivity index (χ1n) is 7.16. The Hall–Kier alpha value is -2.30. The van der Waals surface area contributed by atoms with Gasteiger partial charge in [-0.05, 0) is 30.0 Å². The van der Waals surface area contributed by atoms with E-state index >= 15 is 0 Å². The van der Waals surface area contributed by atoms with Crippen molar-refractivity contribution in [3.8, 4) is 0 Å². The number of anilines is 2. The lowest BCUT2D eigenvalue weighted by molar-refractivity contribution is 0.101. The lowest BCUT2D eigenvalue weighted by Gasteiger charge is -2.10. The molecule has 0 aliphatic heterocycles. The normalized spacial score (nSPS) is 10.9. The second kappa shape index (κ2) is 5.99. The molecule has 2 aromatic rings. The Morgan fingerprint density at radius 1 is 1.43 bits per heavy atom. The zero-order valence-electron chi connectivity index (χ0n) is 13.0. The fourth-order valence-electron chi connectivity index (χ4n) is 2.29. The van der Waals surface area contributed by atoms with E-state index < -0.39 is 0 Å². The SMILES string of the molecule is CCc1nn(C)c(C(=O)Nc2cccc(C(C)C)c2)c1N. The summed E-state index contributed by atoms with van der Waals surface area (Å²) in [4.78, 5) is 12.4. The Morgan fingerprint density at radius 2 is 2.14 bits per heavy atom. The van der Waals surface area contributed by atoms with Crippen LogP contribution in [0.2, 0.25) is 0 Å². The van der Waals surface area contributed by atoms with Crippen molar-refractivity contribution in [2.75, 3.05) is 11.1 Å². The molecule has 0 aliphatic carbocycles. The van der Waals surface area contributed by atoms with Crippen LogP contribution in [0.5, 0.6) is 0 Å². The van der Waals surface area contributed by atoms with Gasteiger partial charge in [0.1, 0.15) is 5.69 Å². The first-order chi connectivity index (χ1) is 9.93. The molecule has 0 unspecified atom stereocenters. The third-order valence-corrected chi connectivity index (χ3v) is 3.52. The summed E-state index contributed by atoms with van der Waals surface area (Å²) in [5.74, 6) is 0.179. The van der Waals surface area contributed by atoms with Gasteiger partial charge in [-0.1, -0.05) is 32.9 Å². The van der Waals surface area contributed by atoms with E-state index in [2.05, 4.69) is 24.3 Å². The molecular formula is C16H22N4O. The maximum absolute atomic E-state index is 12.4. The highest BCUT2D eigenvalue weighted by molar-refractivity contribution is 6.06. The number of amides is 1. The molecule has 21 heavy (non-hydrogen) atoms. The van der Waals surface area contributed by atoms with Crippen LogP contribution in [0, 0.1) is 0 Å². The number of nitrogen functional groups attached to an aromatic ring is 1. The molecule has 5 nitrogen and oxygen atoms in total. The molecule has 0 aliphatic rings. The number of rotatable bonds is 4. The second-order valence-electron chi connectivity index (χ2n) is 5.42. The summed E-state index contributed by atoms with van der Waals surface area (Å²) in [7, 11) is 1.73. The highest BCUT2D eigenvalue weighted by Gasteiger charge is 2.19. The summed E-state index contributed by atoms with van der Waals surface area (Å²) < 4.78 is 1.54. The Labute approximate surface area is 125 Å². The van der Waals surface area contributed by atoms with Gasteiger partial charge in [0.25, 0.3) is 5.91 Å². The van der Waals surface area contributed by atoms with Crippen molar-refractivity contribution in [3.05, 3.63) is 41.2 Å². The number of nitrogens with two attached hydrogens (primary N) is 1. The van der Waals surface area contributed by atoms with Crippen molar-refractivity contribution < 1.29 is 4.79 Å². The monoisotopic (exact) mass is 286 g/mol. The topological polar surface area (TPSA) is 72.9 Å². The molecule has 112 valence electrons. The second-order valence-corrected chi connectivity index (χ2v) is 5.42. The van der Waals surface area contributed by atoms with Crippen molar-refractivity contribution in [1.29, 1.82) is 0 Å². The molecular weight excluding hydrogens is 264 g/mol. The summed E-state index contributed by atoms with van der Waals surface area (Å²) in [6, 6.07) is 7.84. The van der Waals surface area contributed by atoms with E-state index in [1.54, 1.807) is 7.05 Å². The molecule has 0 fully saturated rings. The quantitative estimate of drug-likeness (QED) is 0.907. The van der Waals surface area contributed by atoms with E-state index in [-0.39, 0.29) is 5.91 Å². The minimum atomic E-state index is -0.233. The van der Waals surface area contributed by atoms with Crippen LogP contribution in [0.25, 0.3) is 0 Å². The number of aryl methyl sites for hydroxylation is 2. The number of carbonyl (C=O) groups excluding carboxylic acids is 1. The number of carbonyl (C=O) groups is 1. The van der Waals surface area contributed by atoms with Crippen molar-refractivity contribution >= 4 is 17.3 Å². The van der Waals surface area contributed by atoms with Gasteiger partial charge < -0.3 is 11.1 Å². The van der Waals surface area contributed by atoms with Gasteiger partial charge in [0, 0.05) is 12.7 Å². The number of hydrogen-bond donors (Lipinski definition) is 2. The Kier molecular flexibility index (Phi) is 4.31. The van der Waals surface area contributed by atoms with Crippen molar-refractivity contribution in [2.45, 2.75) is 33.1 Å². The average molecular weight is 286 g/mol. The van der Waals surface area contributed by atoms with Gasteiger partial charge in [-0.3, -0.25) is 9.48 Å². The number of hydrogen-bond acceptors (Lipinski definition) is 3. The summed E-state index contributed by atoms with van der Waals surface area (Å²) >= 11 is 0. The lowest BCUT2D eigenvalue weighted by atomic mass is 10.0. The Balaban J connectivity index is 2.26. The molecule has 1 heterocycles. The van der Waals surface area contributed by atoms with Gasteiger partial charge in [0.05, 0.1) is 11.4 Å². The smallest absolute Gasteiger partial charge is 0.276 e. The van der Waals surface area contributed by atoms with E-state index in [0.29, 0.717) is 23.7 Å². The number of aromatic nitrogens is 2. The van der Waals surface area contributed by atoms with Gasteiger partial charge in [0.2, 0.25) is 0 Å². The average Bonchev–Trinajstić information content (AvgIpc) is 2.73. The molecule has 0 saturated heterocycles. The maximum Gasteiger partial charge on any atom is 0.276 e. The van der Waals surface area contributed by atoms with E-state index in [0.717, 1.165) is 11.4 Å². The first-order valence-corrected chi connectivity index (χ1v) is 7.16. The Morgan fingerprint density at radius 3 is 2.71 bits per heavy atom. The fourth-order valence-corrected chi connectivity index (χ4v) is 2.29. The predicted octanol–water partition coefficient (Wildman–Crippen LogP) is 2.94. The highest BCUT2D eigenvalue weighted by atomic mass is 16.2. The van der Waals surface area contributed by atoms with Gasteiger partial charge in [-0.15, -0.1) is 0 Å². The predicted molar refractivity (Wildman–Crippen MR) is 85.5 cm³/mol. The molecule has 3 N–H and O–H groups in total. The summed E-state index contributed by atoms with van der Waals surface area (Å²) in [5, 5.41) is 7.16. The number of nitrogens with one attached hydrogen (secondary N) is 1. The van der Waals surface area contributed by atoms with Crippen LogP contribution in [-0.2, 0) is 13.5 Å².